The van der Waals surface area contributed by atoms with Crippen LogP contribution in [0.2, 0.25) is 0 Å². The number of aromatic nitrogens is 1. The van der Waals surface area contributed by atoms with E-state index in [-0.39, 0.29) is 0 Å². The molecule has 3 nitrogen and oxygen atoms in total. The lowest BCUT2D eigenvalue weighted by atomic mass is 10.2. The van der Waals surface area contributed by atoms with Crippen molar-refractivity contribution >= 4 is 15.9 Å². The first-order valence-electron chi connectivity index (χ1n) is 5.58. The molecule has 0 saturated carbocycles. The van der Waals surface area contributed by atoms with E-state index in [1.165, 1.54) is 0 Å². The fraction of sp³-hybridized carbons (Fsp3) is 0.583. The van der Waals surface area contributed by atoms with Crippen LogP contribution in [0.1, 0.15) is 19.5 Å². The number of nitrogens with zero attached hydrogens (tertiary/aromatic N) is 1. The van der Waals surface area contributed by atoms with E-state index >= 15 is 0 Å². The average molecular weight is 287 g/mol. The van der Waals surface area contributed by atoms with Crippen LogP contribution in [0.15, 0.2) is 22.8 Å². The predicted octanol–water partition coefficient (Wildman–Crippen LogP) is 2.61. The Hall–Kier alpha value is -0.450. The van der Waals surface area contributed by atoms with Gasteiger partial charge in [-0.25, -0.2) is 4.98 Å². The third-order valence-corrected chi connectivity index (χ3v) is 2.39. The van der Waals surface area contributed by atoms with Crippen LogP contribution < -0.4 is 5.32 Å². The van der Waals surface area contributed by atoms with Gasteiger partial charge in [0.2, 0.25) is 0 Å². The highest BCUT2D eigenvalue weighted by Gasteiger charge is 1.96. The second-order valence-corrected chi connectivity index (χ2v) is 4.91. The Morgan fingerprint density at radius 1 is 1.44 bits per heavy atom. The van der Waals surface area contributed by atoms with Gasteiger partial charge in [-0.15, -0.1) is 0 Å². The molecule has 1 N–H and O–H groups in total. The number of nitrogens with one attached hydrogen (secondary N) is 1. The minimum absolute atomic E-state index is 0.603. The quantitative estimate of drug-likeness (QED) is 0.618. The lowest BCUT2D eigenvalue weighted by Crippen LogP contribution is -2.20. The number of pyridine rings is 1. The molecule has 0 saturated heterocycles. The summed E-state index contributed by atoms with van der Waals surface area (Å²) in [6.07, 6.45) is 0. The smallest absolute Gasteiger partial charge is 0.106 e. The molecule has 16 heavy (non-hydrogen) atoms. The Morgan fingerprint density at radius 3 is 2.94 bits per heavy atom. The summed E-state index contributed by atoms with van der Waals surface area (Å²) < 4.78 is 6.34. The van der Waals surface area contributed by atoms with E-state index in [0.29, 0.717) is 5.92 Å². The van der Waals surface area contributed by atoms with Crippen molar-refractivity contribution in [2.45, 2.75) is 20.4 Å². The number of ether oxygens (including phenoxy) is 1. The molecular formula is C12H19BrN2O. The van der Waals surface area contributed by atoms with Gasteiger partial charge >= 0.3 is 0 Å². The van der Waals surface area contributed by atoms with E-state index in [1.54, 1.807) is 0 Å². The van der Waals surface area contributed by atoms with Crippen LogP contribution in [0.25, 0.3) is 0 Å². The van der Waals surface area contributed by atoms with Crippen molar-refractivity contribution in [1.29, 1.82) is 0 Å². The predicted molar refractivity (Wildman–Crippen MR) is 69.3 cm³/mol. The maximum Gasteiger partial charge on any atom is 0.106 e. The van der Waals surface area contributed by atoms with Crippen LogP contribution >= 0.6 is 15.9 Å². The van der Waals surface area contributed by atoms with Crippen molar-refractivity contribution in [2.24, 2.45) is 5.92 Å². The first kappa shape index (κ1) is 13.6. The number of hydrogen-bond acceptors (Lipinski definition) is 3. The van der Waals surface area contributed by atoms with Gasteiger partial charge in [0.15, 0.2) is 0 Å². The van der Waals surface area contributed by atoms with Crippen LogP contribution in [0.3, 0.4) is 0 Å². The molecule has 1 aromatic rings. The zero-order valence-corrected chi connectivity index (χ0v) is 11.5. The standard InChI is InChI=1S/C12H19BrN2O/c1-10(2)9-16-7-6-14-8-11-4-3-5-12(13)15-11/h3-5,10,14H,6-9H2,1-2H3. The highest BCUT2D eigenvalue weighted by molar-refractivity contribution is 9.10. The second kappa shape index (κ2) is 7.76. The number of rotatable bonds is 7. The molecule has 1 rings (SSSR count). The Balaban J connectivity index is 2.07. The van der Waals surface area contributed by atoms with Crippen molar-refractivity contribution < 1.29 is 4.74 Å². The number of hydrogen-bond donors (Lipinski definition) is 1. The molecule has 0 aliphatic rings. The highest BCUT2D eigenvalue weighted by atomic mass is 79.9. The minimum Gasteiger partial charge on any atom is -0.380 e. The SMILES string of the molecule is CC(C)COCCNCc1cccc(Br)n1. The summed E-state index contributed by atoms with van der Waals surface area (Å²) in [6.45, 7) is 7.53. The molecule has 1 heterocycles. The summed E-state index contributed by atoms with van der Waals surface area (Å²) in [7, 11) is 0. The normalized spacial score (nSPS) is 11.0. The summed E-state index contributed by atoms with van der Waals surface area (Å²) in [5.41, 5.74) is 1.04. The summed E-state index contributed by atoms with van der Waals surface area (Å²) in [5, 5.41) is 3.29. The van der Waals surface area contributed by atoms with Gasteiger partial charge in [-0.1, -0.05) is 19.9 Å². The molecule has 1 aromatic heterocycles. The Morgan fingerprint density at radius 2 is 2.25 bits per heavy atom. The summed E-state index contributed by atoms with van der Waals surface area (Å²) in [6, 6.07) is 5.92. The molecule has 0 amide bonds. The van der Waals surface area contributed by atoms with E-state index in [4.69, 9.17) is 4.74 Å². The Bertz CT molecular complexity index is 305. The molecule has 0 unspecified atom stereocenters. The van der Waals surface area contributed by atoms with Crippen molar-refractivity contribution in [3.05, 3.63) is 28.5 Å². The van der Waals surface area contributed by atoms with Crippen LogP contribution in [-0.2, 0) is 11.3 Å². The van der Waals surface area contributed by atoms with E-state index in [0.717, 1.165) is 36.6 Å². The lowest BCUT2D eigenvalue weighted by molar-refractivity contribution is 0.111. The van der Waals surface area contributed by atoms with E-state index in [1.807, 2.05) is 18.2 Å². The van der Waals surface area contributed by atoms with Gasteiger partial charge in [-0.3, -0.25) is 0 Å². The number of halogens is 1. The van der Waals surface area contributed by atoms with Gasteiger partial charge in [0, 0.05) is 19.7 Å². The highest BCUT2D eigenvalue weighted by Crippen LogP contribution is 2.05. The van der Waals surface area contributed by atoms with E-state index in [9.17, 15) is 0 Å². The first-order chi connectivity index (χ1) is 7.68. The van der Waals surface area contributed by atoms with Crippen molar-refractivity contribution in [3.63, 3.8) is 0 Å². The fourth-order valence-corrected chi connectivity index (χ4v) is 1.61. The maximum atomic E-state index is 5.46. The Labute approximate surface area is 106 Å². The molecule has 0 aliphatic heterocycles. The lowest BCUT2D eigenvalue weighted by Gasteiger charge is -2.07. The van der Waals surface area contributed by atoms with Gasteiger partial charge in [-0.05, 0) is 34.0 Å². The molecule has 0 fully saturated rings. The van der Waals surface area contributed by atoms with Gasteiger partial charge in [0.1, 0.15) is 4.60 Å². The first-order valence-corrected chi connectivity index (χ1v) is 6.37. The second-order valence-electron chi connectivity index (χ2n) is 4.10. The largest absolute Gasteiger partial charge is 0.380 e. The van der Waals surface area contributed by atoms with Gasteiger partial charge in [-0.2, -0.15) is 0 Å². The molecule has 0 aliphatic carbocycles. The van der Waals surface area contributed by atoms with Crippen molar-refractivity contribution in [2.75, 3.05) is 19.8 Å². The van der Waals surface area contributed by atoms with Gasteiger partial charge in [0.25, 0.3) is 0 Å². The van der Waals surface area contributed by atoms with Crippen LogP contribution in [-0.4, -0.2) is 24.7 Å². The maximum absolute atomic E-state index is 5.46. The molecule has 0 aromatic carbocycles. The molecule has 0 radical (unpaired) electrons. The fourth-order valence-electron chi connectivity index (χ4n) is 1.23. The third kappa shape index (κ3) is 6.20. The third-order valence-electron chi connectivity index (χ3n) is 1.95. The van der Waals surface area contributed by atoms with Crippen molar-refractivity contribution in [3.8, 4) is 0 Å². The van der Waals surface area contributed by atoms with Crippen molar-refractivity contribution in [1.82, 2.24) is 10.3 Å². The molecule has 90 valence electrons. The molecule has 0 atom stereocenters. The summed E-state index contributed by atoms with van der Waals surface area (Å²) in [5.74, 6) is 0.603. The molecular weight excluding hydrogens is 268 g/mol. The van der Waals surface area contributed by atoms with Crippen LogP contribution in [0, 0.1) is 5.92 Å². The zero-order chi connectivity index (χ0) is 11.8. The van der Waals surface area contributed by atoms with E-state index in [2.05, 4.69) is 40.1 Å². The Kier molecular flexibility index (Phi) is 6.61. The average Bonchev–Trinajstić information content (AvgIpc) is 2.23. The topological polar surface area (TPSA) is 34.1 Å². The van der Waals surface area contributed by atoms with Crippen LogP contribution in [0.5, 0.6) is 0 Å². The van der Waals surface area contributed by atoms with E-state index < -0.39 is 0 Å². The van der Waals surface area contributed by atoms with Gasteiger partial charge in [0.05, 0.1) is 12.3 Å². The molecule has 0 bridgehead atoms. The summed E-state index contributed by atoms with van der Waals surface area (Å²) in [4.78, 5) is 4.33. The zero-order valence-electron chi connectivity index (χ0n) is 9.87. The monoisotopic (exact) mass is 286 g/mol. The molecule has 0 spiro atoms. The molecule has 4 heteroatoms. The minimum atomic E-state index is 0.603. The van der Waals surface area contributed by atoms with Gasteiger partial charge < -0.3 is 10.1 Å². The van der Waals surface area contributed by atoms with Crippen LogP contribution in [0.4, 0.5) is 0 Å². The summed E-state index contributed by atoms with van der Waals surface area (Å²) >= 11 is 3.35.